The van der Waals surface area contributed by atoms with Gasteiger partial charge in [-0.1, -0.05) is 0 Å². The molecule has 0 bridgehead atoms. The molecule has 0 aliphatic heterocycles. The van der Waals surface area contributed by atoms with Gasteiger partial charge in [0.05, 0.1) is 6.10 Å². The molecule has 0 saturated heterocycles. The highest BCUT2D eigenvalue weighted by molar-refractivity contribution is 9.10. The number of amides is 1. The fraction of sp³-hybridized carbons (Fsp3) is 0.357. The molecule has 4 nitrogen and oxygen atoms in total. The Morgan fingerprint density at radius 2 is 2.30 bits per heavy atom. The minimum absolute atomic E-state index is 0.182. The van der Waals surface area contributed by atoms with E-state index < -0.39 is 6.10 Å². The Bertz CT molecular complexity index is 578. The highest BCUT2D eigenvalue weighted by Gasteiger charge is 2.16. The van der Waals surface area contributed by atoms with Crippen LogP contribution >= 0.6 is 27.3 Å². The number of hydrogen-bond donors (Lipinski definition) is 2. The van der Waals surface area contributed by atoms with E-state index in [-0.39, 0.29) is 18.5 Å². The minimum Gasteiger partial charge on any atom is -0.387 e. The second-order valence-corrected chi connectivity index (χ2v) is 6.52. The van der Waals surface area contributed by atoms with Crippen LogP contribution in [-0.2, 0) is 0 Å². The standard InChI is InChI=1S/C14H17BrN2O2S/c1-9(2)17-7-11(15)5-12(17)14(19)16-6-13(18)10-3-4-20-8-10/h3-5,7-9,13,18H,6H2,1-2H3,(H,16,19). The minimum atomic E-state index is -0.670. The van der Waals surface area contributed by atoms with Crippen molar-refractivity contribution in [2.75, 3.05) is 6.54 Å². The van der Waals surface area contributed by atoms with E-state index in [1.807, 2.05) is 41.4 Å². The van der Waals surface area contributed by atoms with Gasteiger partial charge in [0, 0.05) is 23.3 Å². The van der Waals surface area contributed by atoms with Gasteiger partial charge in [-0.15, -0.1) is 0 Å². The van der Waals surface area contributed by atoms with Gasteiger partial charge in [-0.25, -0.2) is 0 Å². The van der Waals surface area contributed by atoms with Crippen LogP contribution in [0.15, 0.2) is 33.6 Å². The highest BCUT2D eigenvalue weighted by Crippen LogP contribution is 2.20. The molecule has 108 valence electrons. The maximum atomic E-state index is 12.2. The Hall–Kier alpha value is -1.11. The summed E-state index contributed by atoms with van der Waals surface area (Å²) in [6.07, 6.45) is 1.21. The lowest BCUT2D eigenvalue weighted by Gasteiger charge is -2.14. The molecule has 1 unspecified atom stereocenters. The van der Waals surface area contributed by atoms with Crippen molar-refractivity contribution in [2.45, 2.75) is 26.0 Å². The summed E-state index contributed by atoms with van der Waals surface area (Å²) in [6.45, 7) is 4.24. The Kier molecular flexibility index (Phi) is 5.01. The Labute approximate surface area is 130 Å². The zero-order chi connectivity index (χ0) is 14.7. The molecule has 0 aromatic carbocycles. The van der Waals surface area contributed by atoms with Gasteiger partial charge >= 0.3 is 0 Å². The summed E-state index contributed by atoms with van der Waals surface area (Å²) in [6, 6.07) is 3.84. The molecule has 2 heterocycles. The van der Waals surface area contributed by atoms with Crippen LogP contribution in [0.4, 0.5) is 0 Å². The van der Waals surface area contributed by atoms with E-state index in [2.05, 4.69) is 21.2 Å². The molecule has 0 radical (unpaired) electrons. The average molecular weight is 357 g/mol. The molecule has 2 rings (SSSR count). The lowest BCUT2D eigenvalue weighted by molar-refractivity contribution is 0.0906. The molecule has 6 heteroatoms. The van der Waals surface area contributed by atoms with E-state index in [9.17, 15) is 9.90 Å². The SMILES string of the molecule is CC(C)n1cc(Br)cc1C(=O)NCC(O)c1ccsc1. The number of aliphatic hydroxyl groups excluding tert-OH is 1. The fourth-order valence-corrected chi connectivity index (χ4v) is 3.06. The van der Waals surface area contributed by atoms with E-state index in [0.717, 1.165) is 10.0 Å². The molecule has 0 saturated carbocycles. The first-order valence-corrected chi connectivity index (χ1v) is 8.08. The predicted octanol–water partition coefficient (Wildman–Crippen LogP) is 3.36. The zero-order valence-corrected chi connectivity index (χ0v) is 13.7. The second kappa shape index (κ2) is 6.56. The summed E-state index contributed by atoms with van der Waals surface area (Å²) in [5.74, 6) is -0.182. The maximum Gasteiger partial charge on any atom is 0.268 e. The van der Waals surface area contributed by atoms with Crippen molar-refractivity contribution >= 4 is 33.2 Å². The molecule has 20 heavy (non-hydrogen) atoms. The smallest absolute Gasteiger partial charge is 0.268 e. The average Bonchev–Trinajstić information content (AvgIpc) is 3.04. The molecule has 2 aromatic rings. The van der Waals surface area contributed by atoms with Crippen LogP contribution in [0.1, 0.15) is 42.0 Å². The normalized spacial score (nSPS) is 12.7. The summed E-state index contributed by atoms with van der Waals surface area (Å²) in [7, 11) is 0. The van der Waals surface area contributed by atoms with Crippen molar-refractivity contribution in [2.24, 2.45) is 0 Å². The number of hydrogen-bond acceptors (Lipinski definition) is 3. The van der Waals surface area contributed by atoms with Gasteiger partial charge < -0.3 is 15.0 Å². The molecular weight excluding hydrogens is 340 g/mol. The number of carbonyl (C=O) groups is 1. The van der Waals surface area contributed by atoms with Gasteiger partial charge in [-0.3, -0.25) is 4.79 Å². The predicted molar refractivity (Wildman–Crippen MR) is 84.1 cm³/mol. The monoisotopic (exact) mass is 356 g/mol. The molecule has 0 spiro atoms. The van der Waals surface area contributed by atoms with Crippen LogP contribution in [0.25, 0.3) is 0 Å². The number of rotatable bonds is 5. The summed E-state index contributed by atoms with van der Waals surface area (Å²) in [5.41, 5.74) is 1.42. The number of nitrogens with one attached hydrogen (secondary N) is 1. The van der Waals surface area contributed by atoms with Crippen LogP contribution < -0.4 is 5.32 Å². The molecule has 0 aliphatic rings. The van der Waals surface area contributed by atoms with Crippen molar-refractivity contribution < 1.29 is 9.90 Å². The van der Waals surface area contributed by atoms with Gasteiger partial charge in [-0.2, -0.15) is 11.3 Å². The number of carbonyl (C=O) groups excluding carboxylic acids is 1. The van der Waals surface area contributed by atoms with E-state index >= 15 is 0 Å². The quantitative estimate of drug-likeness (QED) is 0.862. The maximum absolute atomic E-state index is 12.2. The van der Waals surface area contributed by atoms with Crippen LogP contribution in [-0.4, -0.2) is 22.1 Å². The zero-order valence-electron chi connectivity index (χ0n) is 11.3. The summed E-state index contributed by atoms with van der Waals surface area (Å²) >= 11 is 4.91. The van der Waals surface area contributed by atoms with Crippen molar-refractivity contribution in [3.63, 3.8) is 0 Å². The molecular formula is C14H17BrN2O2S. The molecule has 1 amide bonds. The second-order valence-electron chi connectivity index (χ2n) is 4.83. The Morgan fingerprint density at radius 1 is 1.55 bits per heavy atom. The summed E-state index contributed by atoms with van der Waals surface area (Å²) in [5, 5.41) is 16.5. The van der Waals surface area contributed by atoms with Gasteiger partial charge in [-0.05, 0) is 58.2 Å². The lowest BCUT2D eigenvalue weighted by atomic mass is 10.2. The number of halogens is 1. The van der Waals surface area contributed by atoms with Gasteiger partial charge in [0.1, 0.15) is 5.69 Å². The molecule has 1 atom stereocenters. The number of aromatic nitrogens is 1. The van der Waals surface area contributed by atoms with E-state index in [0.29, 0.717) is 5.69 Å². The summed E-state index contributed by atoms with van der Waals surface area (Å²) in [4.78, 5) is 12.2. The third-order valence-corrected chi connectivity index (χ3v) is 4.12. The van der Waals surface area contributed by atoms with Gasteiger partial charge in [0.2, 0.25) is 0 Å². The van der Waals surface area contributed by atoms with Crippen LogP contribution in [0.3, 0.4) is 0 Å². The third kappa shape index (κ3) is 3.50. The number of thiophene rings is 1. The topological polar surface area (TPSA) is 54.3 Å². The van der Waals surface area contributed by atoms with Crippen molar-refractivity contribution in [3.8, 4) is 0 Å². The van der Waals surface area contributed by atoms with E-state index in [4.69, 9.17) is 0 Å². The van der Waals surface area contributed by atoms with Gasteiger partial charge in [0.25, 0.3) is 5.91 Å². The van der Waals surface area contributed by atoms with E-state index in [1.165, 1.54) is 11.3 Å². The molecule has 2 N–H and O–H groups in total. The molecule has 0 aliphatic carbocycles. The Balaban J connectivity index is 2.02. The lowest BCUT2D eigenvalue weighted by Crippen LogP contribution is -2.30. The van der Waals surface area contributed by atoms with E-state index in [1.54, 1.807) is 6.07 Å². The molecule has 0 fully saturated rings. The first-order chi connectivity index (χ1) is 9.49. The van der Waals surface area contributed by atoms with Crippen LogP contribution in [0.5, 0.6) is 0 Å². The first kappa shape index (κ1) is 15.3. The fourth-order valence-electron chi connectivity index (χ4n) is 1.92. The third-order valence-electron chi connectivity index (χ3n) is 2.99. The van der Waals surface area contributed by atoms with Crippen LogP contribution in [0, 0.1) is 0 Å². The largest absolute Gasteiger partial charge is 0.387 e. The summed E-state index contributed by atoms with van der Waals surface area (Å²) < 4.78 is 2.77. The van der Waals surface area contributed by atoms with Crippen molar-refractivity contribution in [1.82, 2.24) is 9.88 Å². The number of nitrogens with zero attached hydrogens (tertiary/aromatic N) is 1. The Morgan fingerprint density at radius 3 is 2.90 bits per heavy atom. The van der Waals surface area contributed by atoms with Crippen molar-refractivity contribution in [3.05, 3.63) is 44.8 Å². The van der Waals surface area contributed by atoms with Crippen LogP contribution in [0.2, 0.25) is 0 Å². The van der Waals surface area contributed by atoms with Crippen molar-refractivity contribution in [1.29, 1.82) is 0 Å². The number of aliphatic hydroxyl groups is 1. The van der Waals surface area contributed by atoms with Gasteiger partial charge in [0.15, 0.2) is 0 Å². The molecule has 2 aromatic heterocycles. The first-order valence-electron chi connectivity index (χ1n) is 6.34. The highest BCUT2D eigenvalue weighted by atomic mass is 79.9.